The SMILES string of the molecule is O=C(NCCc1ccccn1)c1ccc2c(=O)n(-c3ccccc3)c(=O)[nH]c2c1. The number of nitrogens with zero attached hydrogens (tertiary/aromatic N) is 2. The van der Waals surface area contributed by atoms with Crippen molar-refractivity contribution in [3.8, 4) is 5.69 Å². The number of aromatic amines is 1. The van der Waals surface area contributed by atoms with Crippen LogP contribution in [0.15, 0.2) is 82.5 Å². The highest BCUT2D eigenvalue weighted by molar-refractivity contribution is 5.97. The molecule has 2 aromatic heterocycles. The van der Waals surface area contributed by atoms with E-state index in [2.05, 4.69) is 15.3 Å². The Labute approximate surface area is 165 Å². The van der Waals surface area contributed by atoms with Gasteiger partial charge in [-0.25, -0.2) is 9.36 Å². The molecule has 7 nitrogen and oxygen atoms in total. The second-order valence-electron chi connectivity index (χ2n) is 6.49. The third kappa shape index (κ3) is 3.84. The minimum atomic E-state index is -0.554. The van der Waals surface area contributed by atoms with E-state index in [1.54, 1.807) is 42.6 Å². The van der Waals surface area contributed by atoms with E-state index in [1.165, 1.54) is 6.07 Å². The minimum Gasteiger partial charge on any atom is -0.352 e. The molecule has 0 saturated carbocycles. The summed E-state index contributed by atoms with van der Waals surface area (Å²) in [4.78, 5) is 44.6. The first kappa shape index (κ1) is 18.4. The number of H-pyrrole nitrogens is 1. The number of hydrogen-bond donors (Lipinski definition) is 2. The third-order valence-electron chi connectivity index (χ3n) is 4.57. The zero-order valence-electron chi connectivity index (χ0n) is 15.5. The Morgan fingerprint density at radius 1 is 1.00 bits per heavy atom. The number of carbonyl (C=O) groups is 1. The topological polar surface area (TPSA) is 96.8 Å². The number of aromatic nitrogens is 3. The molecule has 0 aliphatic rings. The molecule has 0 radical (unpaired) electrons. The largest absolute Gasteiger partial charge is 0.352 e. The summed E-state index contributed by atoms with van der Waals surface area (Å²) in [7, 11) is 0. The van der Waals surface area contributed by atoms with Crippen LogP contribution in [0.5, 0.6) is 0 Å². The van der Waals surface area contributed by atoms with Crippen LogP contribution in [-0.4, -0.2) is 27.0 Å². The predicted molar refractivity (Wildman–Crippen MR) is 110 cm³/mol. The lowest BCUT2D eigenvalue weighted by Gasteiger charge is -2.08. The quantitative estimate of drug-likeness (QED) is 0.549. The maximum Gasteiger partial charge on any atom is 0.333 e. The van der Waals surface area contributed by atoms with Gasteiger partial charge in [-0.15, -0.1) is 0 Å². The fourth-order valence-corrected chi connectivity index (χ4v) is 3.12. The van der Waals surface area contributed by atoms with Crippen LogP contribution < -0.4 is 16.6 Å². The summed E-state index contributed by atoms with van der Waals surface area (Å²) >= 11 is 0. The summed E-state index contributed by atoms with van der Waals surface area (Å²) in [6, 6.07) is 19.0. The highest BCUT2D eigenvalue weighted by atomic mass is 16.2. The van der Waals surface area contributed by atoms with Crippen LogP contribution >= 0.6 is 0 Å². The summed E-state index contributed by atoms with van der Waals surface area (Å²) in [5.74, 6) is -0.282. The van der Waals surface area contributed by atoms with Crippen molar-refractivity contribution in [1.29, 1.82) is 0 Å². The fraction of sp³-hybridized carbons (Fsp3) is 0.0909. The molecule has 144 valence electrons. The van der Waals surface area contributed by atoms with Crippen molar-refractivity contribution in [3.05, 3.63) is 105 Å². The summed E-state index contributed by atoms with van der Waals surface area (Å²) in [5.41, 5.74) is 1.07. The second kappa shape index (κ2) is 7.93. The van der Waals surface area contributed by atoms with Gasteiger partial charge in [0.1, 0.15) is 0 Å². The molecule has 4 rings (SSSR count). The third-order valence-corrected chi connectivity index (χ3v) is 4.57. The van der Waals surface area contributed by atoms with Gasteiger partial charge in [0.2, 0.25) is 0 Å². The van der Waals surface area contributed by atoms with Gasteiger partial charge >= 0.3 is 5.69 Å². The van der Waals surface area contributed by atoms with Crippen LogP contribution in [0.2, 0.25) is 0 Å². The molecule has 4 aromatic rings. The Bertz CT molecular complexity index is 1280. The lowest BCUT2D eigenvalue weighted by atomic mass is 10.1. The van der Waals surface area contributed by atoms with Crippen molar-refractivity contribution >= 4 is 16.8 Å². The molecule has 0 spiro atoms. The molecular formula is C22H18N4O3. The number of nitrogens with one attached hydrogen (secondary N) is 2. The van der Waals surface area contributed by atoms with Gasteiger partial charge in [-0.3, -0.25) is 14.6 Å². The zero-order chi connectivity index (χ0) is 20.2. The molecular weight excluding hydrogens is 368 g/mol. The summed E-state index contributed by atoms with van der Waals surface area (Å²) in [6.45, 7) is 0.431. The van der Waals surface area contributed by atoms with Crippen LogP contribution in [0, 0.1) is 0 Å². The molecule has 2 heterocycles. The normalized spacial score (nSPS) is 10.8. The van der Waals surface area contributed by atoms with Crippen LogP contribution in [0.3, 0.4) is 0 Å². The average molecular weight is 386 g/mol. The highest BCUT2D eigenvalue weighted by Gasteiger charge is 2.12. The van der Waals surface area contributed by atoms with Gasteiger partial charge < -0.3 is 10.3 Å². The molecule has 2 aromatic carbocycles. The summed E-state index contributed by atoms with van der Waals surface area (Å²) < 4.78 is 1.08. The molecule has 2 N–H and O–H groups in total. The van der Waals surface area contributed by atoms with E-state index in [0.717, 1.165) is 10.3 Å². The number of fused-ring (bicyclic) bond motifs is 1. The number of benzene rings is 2. The number of hydrogen-bond acceptors (Lipinski definition) is 4. The number of carbonyl (C=O) groups excluding carboxylic acids is 1. The molecule has 7 heteroatoms. The Hall–Kier alpha value is -4.00. The maximum atomic E-state index is 12.8. The van der Waals surface area contributed by atoms with Gasteiger partial charge in [0.15, 0.2) is 0 Å². The second-order valence-corrected chi connectivity index (χ2v) is 6.49. The van der Waals surface area contributed by atoms with E-state index < -0.39 is 11.2 Å². The van der Waals surface area contributed by atoms with Crippen molar-refractivity contribution in [1.82, 2.24) is 19.9 Å². The Kier molecular flexibility index (Phi) is 5.03. The van der Waals surface area contributed by atoms with Crippen molar-refractivity contribution in [2.45, 2.75) is 6.42 Å². The van der Waals surface area contributed by atoms with Crippen LogP contribution in [0.1, 0.15) is 16.1 Å². The molecule has 0 bridgehead atoms. The number of amides is 1. The average Bonchev–Trinajstić information content (AvgIpc) is 2.75. The standard InChI is InChI=1S/C22H18N4O3/c27-20(24-13-11-16-6-4-5-12-23-16)15-9-10-18-19(14-15)25-22(29)26(21(18)28)17-7-2-1-3-8-17/h1-10,12,14H,11,13H2,(H,24,27)(H,25,29). The van der Waals surface area contributed by atoms with E-state index in [4.69, 9.17) is 0 Å². The first-order chi connectivity index (χ1) is 14.1. The highest BCUT2D eigenvalue weighted by Crippen LogP contribution is 2.11. The predicted octanol–water partition coefficient (Wildman–Crippen LogP) is 2.05. The number of pyridine rings is 1. The maximum absolute atomic E-state index is 12.8. The fourth-order valence-electron chi connectivity index (χ4n) is 3.12. The number of rotatable bonds is 5. The molecule has 0 fully saturated rings. The smallest absolute Gasteiger partial charge is 0.333 e. The minimum absolute atomic E-state index is 0.282. The Balaban J connectivity index is 1.59. The van der Waals surface area contributed by atoms with E-state index in [-0.39, 0.29) is 5.91 Å². The van der Waals surface area contributed by atoms with Crippen LogP contribution in [0.4, 0.5) is 0 Å². The van der Waals surface area contributed by atoms with Crippen molar-refractivity contribution in [2.24, 2.45) is 0 Å². The van der Waals surface area contributed by atoms with E-state index in [1.807, 2.05) is 24.3 Å². The lowest BCUT2D eigenvalue weighted by molar-refractivity contribution is 0.0954. The van der Waals surface area contributed by atoms with Gasteiger partial charge in [-0.1, -0.05) is 24.3 Å². The van der Waals surface area contributed by atoms with Crippen molar-refractivity contribution in [2.75, 3.05) is 6.54 Å². The molecule has 1 amide bonds. The Morgan fingerprint density at radius 2 is 1.79 bits per heavy atom. The molecule has 0 aliphatic carbocycles. The van der Waals surface area contributed by atoms with Gasteiger partial charge in [0.05, 0.1) is 16.6 Å². The number of para-hydroxylation sites is 1. The van der Waals surface area contributed by atoms with Gasteiger partial charge in [-0.2, -0.15) is 0 Å². The van der Waals surface area contributed by atoms with E-state index in [0.29, 0.717) is 35.1 Å². The summed E-state index contributed by atoms with van der Waals surface area (Å²) in [6.07, 6.45) is 2.32. The molecule has 0 aliphatic heterocycles. The van der Waals surface area contributed by atoms with Gasteiger partial charge in [-0.05, 0) is 42.5 Å². The Morgan fingerprint density at radius 3 is 2.55 bits per heavy atom. The zero-order valence-corrected chi connectivity index (χ0v) is 15.5. The molecule has 0 saturated heterocycles. The first-order valence-electron chi connectivity index (χ1n) is 9.16. The lowest BCUT2D eigenvalue weighted by Crippen LogP contribution is -2.33. The van der Waals surface area contributed by atoms with Gasteiger partial charge in [0, 0.05) is 30.4 Å². The van der Waals surface area contributed by atoms with Crippen LogP contribution in [-0.2, 0) is 6.42 Å². The first-order valence-corrected chi connectivity index (χ1v) is 9.16. The molecule has 0 unspecified atom stereocenters. The monoisotopic (exact) mass is 386 g/mol. The molecule has 0 atom stereocenters. The van der Waals surface area contributed by atoms with Gasteiger partial charge in [0.25, 0.3) is 11.5 Å². The van der Waals surface area contributed by atoms with E-state index in [9.17, 15) is 14.4 Å². The van der Waals surface area contributed by atoms with E-state index >= 15 is 0 Å². The van der Waals surface area contributed by atoms with Crippen molar-refractivity contribution < 1.29 is 4.79 Å². The van der Waals surface area contributed by atoms with Crippen LogP contribution in [0.25, 0.3) is 16.6 Å². The summed E-state index contributed by atoms with van der Waals surface area (Å²) in [5, 5.41) is 3.16. The van der Waals surface area contributed by atoms with Crippen molar-refractivity contribution in [3.63, 3.8) is 0 Å². The molecule has 29 heavy (non-hydrogen) atoms.